The fourth-order valence-electron chi connectivity index (χ4n) is 3.44. The summed E-state index contributed by atoms with van der Waals surface area (Å²) < 4.78 is 13.1. The first-order valence-electron chi connectivity index (χ1n) is 11.5. The van der Waals surface area contributed by atoms with Crippen LogP contribution < -0.4 is 10.6 Å². The van der Waals surface area contributed by atoms with E-state index in [1.165, 1.54) is 36.0 Å². The highest BCUT2D eigenvalue weighted by atomic mass is 35.5. The summed E-state index contributed by atoms with van der Waals surface area (Å²) in [6.45, 7) is 0. The second-order valence-electron chi connectivity index (χ2n) is 8.13. The summed E-state index contributed by atoms with van der Waals surface area (Å²) in [5, 5.41) is 5.99. The van der Waals surface area contributed by atoms with Crippen molar-refractivity contribution < 1.29 is 18.8 Å². The minimum absolute atomic E-state index is 0.0330. The zero-order valence-electron chi connectivity index (χ0n) is 20.0. The van der Waals surface area contributed by atoms with Crippen molar-refractivity contribution in [2.45, 2.75) is 4.90 Å². The van der Waals surface area contributed by atoms with Crippen LogP contribution in [0.15, 0.2) is 114 Å². The van der Waals surface area contributed by atoms with E-state index in [4.69, 9.17) is 11.6 Å². The molecule has 0 aliphatic carbocycles. The molecular formula is C30H22ClFN2O3S. The van der Waals surface area contributed by atoms with Crippen LogP contribution in [0.4, 0.5) is 10.1 Å². The minimum atomic E-state index is -0.529. The molecule has 0 spiro atoms. The van der Waals surface area contributed by atoms with Gasteiger partial charge in [0.05, 0.1) is 5.75 Å². The normalized spacial score (nSPS) is 11.1. The summed E-state index contributed by atoms with van der Waals surface area (Å²) >= 11 is 7.39. The maximum atomic E-state index is 13.2. The first-order chi connectivity index (χ1) is 18.4. The maximum absolute atomic E-state index is 13.2. The molecule has 0 saturated heterocycles. The van der Waals surface area contributed by atoms with Crippen LogP contribution in [0.25, 0.3) is 6.08 Å². The van der Waals surface area contributed by atoms with E-state index in [-0.39, 0.29) is 17.2 Å². The molecule has 0 unspecified atom stereocenters. The van der Waals surface area contributed by atoms with Crippen LogP contribution >= 0.6 is 23.4 Å². The second-order valence-corrected chi connectivity index (χ2v) is 9.62. The Morgan fingerprint density at radius 2 is 1.55 bits per heavy atom. The van der Waals surface area contributed by atoms with Gasteiger partial charge in [-0.3, -0.25) is 14.4 Å². The molecule has 4 aromatic carbocycles. The number of rotatable bonds is 9. The van der Waals surface area contributed by atoms with E-state index in [0.717, 1.165) is 4.90 Å². The van der Waals surface area contributed by atoms with Crippen molar-refractivity contribution in [3.05, 3.63) is 136 Å². The lowest BCUT2D eigenvalue weighted by molar-refractivity contribution is -0.113. The largest absolute Gasteiger partial charge is 0.321 e. The molecular weight excluding hydrogens is 523 g/mol. The number of thioether (sulfide) groups is 1. The Morgan fingerprint density at radius 1 is 0.816 bits per heavy atom. The lowest BCUT2D eigenvalue weighted by Gasteiger charge is -2.12. The summed E-state index contributed by atoms with van der Waals surface area (Å²) in [6, 6.07) is 27.9. The zero-order valence-corrected chi connectivity index (χ0v) is 21.6. The predicted octanol–water partition coefficient (Wildman–Crippen LogP) is 6.86. The van der Waals surface area contributed by atoms with Crippen molar-refractivity contribution in [1.82, 2.24) is 5.32 Å². The molecule has 0 fully saturated rings. The molecule has 190 valence electrons. The van der Waals surface area contributed by atoms with Crippen LogP contribution in [0.2, 0.25) is 5.02 Å². The number of halogens is 2. The van der Waals surface area contributed by atoms with E-state index in [1.54, 1.807) is 78.9 Å². The van der Waals surface area contributed by atoms with Crippen molar-refractivity contribution >= 4 is 52.7 Å². The highest BCUT2D eigenvalue weighted by molar-refractivity contribution is 8.00. The third-order valence-electron chi connectivity index (χ3n) is 5.32. The first kappa shape index (κ1) is 26.9. The average molecular weight is 545 g/mol. The fourth-order valence-corrected chi connectivity index (χ4v) is 4.48. The number of carbonyl (C=O) groups excluding carboxylic acids is 3. The van der Waals surface area contributed by atoms with Gasteiger partial charge in [-0.15, -0.1) is 11.8 Å². The highest BCUT2D eigenvalue weighted by Gasteiger charge is 2.16. The Bertz CT molecular complexity index is 1490. The van der Waals surface area contributed by atoms with E-state index in [2.05, 4.69) is 10.6 Å². The number of benzene rings is 4. The maximum Gasteiger partial charge on any atom is 0.272 e. The van der Waals surface area contributed by atoms with Crippen LogP contribution in [0, 0.1) is 5.82 Å². The van der Waals surface area contributed by atoms with Gasteiger partial charge in [0.1, 0.15) is 11.5 Å². The van der Waals surface area contributed by atoms with Gasteiger partial charge in [-0.1, -0.05) is 48.0 Å². The van der Waals surface area contributed by atoms with Crippen LogP contribution in [-0.4, -0.2) is 23.4 Å². The Labute approximate surface area is 228 Å². The number of anilines is 1. The lowest BCUT2D eigenvalue weighted by Crippen LogP contribution is -2.30. The molecule has 4 rings (SSSR count). The molecule has 0 saturated carbocycles. The molecule has 38 heavy (non-hydrogen) atoms. The quantitative estimate of drug-likeness (QED) is 0.137. The van der Waals surface area contributed by atoms with Gasteiger partial charge in [-0.05, 0) is 78.4 Å². The van der Waals surface area contributed by atoms with Crippen LogP contribution in [0.1, 0.15) is 26.3 Å². The molecule has 8 heteroatoms. The number of hydrogen-bond donors (Lipinski definition) is 2. The van der Waals surface area contributed by atoms with Gasteiger partial charge in [0.25, 0.3) is 11.8 Å². The Balaban J connectivity index is 1.49. The number of ketones is 1. The fraction of sp³-hybridized carbons (Fsp3) is 0.0333. The van der Waals surface area contributed by atoms with Gasteiger partial charge in [-0.25, -0.2) is 4.39 Å². The van der Waals surface area contributed by atoms with E-state index in [9.17, 15) is 18.8 Å². The first-order valence-corrected chi connectivity index (χ1v) is 12.9. The lowest BCUT2D eigenvalue weighted by atomic mass is 10.1. The molecule has 0 aliphatic rings. The Morgan fingerprint density at radius 3 is 2.29 bits per heavy atom. The molecule has 4 aromatic rings. The zero-order chi connectivity index (χ0) is 26.9. The number of amides is 2. The van der Waals surface area contributed by atoms with E-state index in [1.807, 2.05) is 6.07 Å². The predicted molar refractivity (Wildman–Crippen MR) is 150 cm³/mol. The molecule has 0 heterocycles. The van der Waals surface area contributed by atoms with Crippen molar-refractivity contribution in [1.29, 1.82) is 0 Å². The Kier molecular flexibility index (Phi) is 9.08. The monoisotopic (exact) mass is 544 g/mol. The van der Waals surface area contributed by atoms with Gasteiger partial charge in [0.15, 0.2) is 5.78 Å². The van der Waals surface area contributed by atoms with Gasteiger partial charge in [0, 0.05) is 26.7 Å². The molecule has 0 aromatic heterocycles. The highest BCUT2D eigenvalue weighted by Crippen LogP contribution is 2.23. The molecule has 2 N–H and O–H groups in total. The third kappa shape index (κ3) is 7.65. The molecule has 0 atom stereocenters. The van der Waals surface area contributed by atoms with Crippen molar-refractivity contribution in [3.63, 3.8) is 0 Å². The van der Waals surface area contributed by atoms with E-state index >= 15 is 0 Å². The minimum Gasteiger partial charge on any atom is -0.321 e. The summed E-state index contributed by atoms with van der Waals surface area (Å²) in [5.41, 5.74) is 1.99. The Hall–Kier alpha value is -4.20. The van der Waals surface area contributed by atoms with Crippen LogP contribution in [0.5, 0.6) is 0 Å². The molecule has 5 nitrogen and oxygen atoms in total. The molecule has 0 bridgehead atoms. The van der Waals surface area contributed by atoms with Crippen molar-refractivity contribution in [2.75, 3.05) is 11.1 Å². The molecule has 2 amide bonds. The summed E-state index contributed by atoms with van der Waals surface area (Å²) in [7, 11) is 0. The summed E-state index contributed by atoms with van der Waals surface area (Å²) in [5.74, 6) is -1.35. The smallest absolute Gasteiger partial charge is 0.272 e. The number of Topliss-reactive ketones (excluding diaryl/α,β-unsaturated/α-hetero) is 1. The third-order valence-corrected chi connectivity index (χ3v) is 6.55. The number of hydrogen-bond acceptors (Lipinski definition) is 4. The molecule has 0 radical (unpaired) electrons. The number of nitrogens with one attached hydrogen (secondary N) is 2. The van der Waals surface area contributed by atoms with Gasteiger partial charge >= 0.3 is 0 Å². The van der Waals surface area contributed by atoms with Gasteiger partial charge in [-0.2, -0.15) is 0 Å². The SMILES string of the molecule is O=C(Nc1cccc(SCC(=O)c2ccc(F)cc2)c1)/C(=C/c1cccc(Cl)c1)NC(=O)c1ccccc1. The topological polar surface area (TPSA) is 75.3 Å². The average Bonchev–Trinajstić information content (AvgIpc) is 2.92. The van der Waals surface area contributed by atoms with E-state index in [0.29, 0.717) is 27.4 Å². The van der Waals surface area contributed by atoms with Crippen molar-refractivity contribution in [2.24, 2.45) is 0 Å². The van der Waals surface area contributed by atoms with E-state index < -0.39 is 17.6 Å². The number of carbonyl (C=O) groups is 3. The van der Waals surface area contributed by atoms with Crippen LogP contribution in [0.3, 0.4) is 0 Å². The van der Waals surface area contributed by atoms with Gasteiger partial charge in [0.2, 0.25) is 0 Å². The second kappa shape index (κ2) is 12.9. The summed E-state index contributed by atoms with van der Waals surface area (Å²) in [6.07, 6.45) is 1.54. The standard InChI is InChI=1S/C30H22ClFN2O3S/c31-23-9-4-6-20(16-23)17-27(34-29(36)22-7-2-1-3-8-22)30(37)33-25-10-5-11-26(18-25)38-19-28(35)21-12-14-24(32)15-13-21/h1-18H,19H2,(H,33,37)(H,34,36)/b27-17-. The van der Waals surface area contributed by atoms with Crippen molar-refractivity contribution in [3.8, 4) is 0 Å². The summed E-state index contributed by atoms with van der Waals surface area (Å²) in [4.78, 5) is 39.2. The van der Waals surface area contributed by atoms with Gasteiger partial charge < -0.3 is 10.6 Å². The van der Waals surface area contributed by atoms with Crippen LogP contribution in [-0.2, 0) is 4.79 Å². The molecule has 0 aliphatic heterocycles.